The molecule has 2 N–H and O–H groups in total. The number of hydrogen-bond donors (Lipinski definition) is 2. The van der Waals surface area contributed by atoms with Gasteiger partial charge in [0.15, 0.2) is 0 Å². The van der Waals surface area contributed by atoms with Crippen molar-refractivity contribution >= 4 is 34.6 Å². The van der Waals surface area contributed by atoms with E-state index in [9.17, 15) is 14.4 Å². The Bertz CT molecular complexity index is 1250. The van der Waals surface area contributed by atoms with Crippen LogP contribution in [0, 0.1) is 6.92 Å². The van der Waals surface area contributed by atoms with Crippen molar-refractivity contribution in [3.05, 3.63) is 58.2 Å². The zero-order valence-corrected chi connectivity index (χ0v) is 20.7. The summed E-state index contributed by atoms with van der Waals surface area (Å²) in [5, 5.41) is 5.81. The Morgan fingerprint density at radius 2 is 1.94 bits per heavy atom. The Labute approximate surface area is 203 Å². The third-order valence-corrected chi connectivity index (χ3v) is 5.16. The number of nitrogens with one attached hydrogen (secondary N) is 2. The molecule has 0 atom stereocenters. The van der Waals surface area contributed by atoms with Crippen LogP contribution in [0.3, 0.4) is 0 Å². The average Bonchev–Trinajstić information content (AvgIpc) is 2.78. The van der Waals surface area contributed by atoms with Gasteiger partial charge in [0.05, 0.1) is 10.9 Å². The van der Waals surface area contributed by atoms with Crippen LogP contribution in [0.1, 0.15) is 38.4 Å². The van der Waals surface area contributed by atoms with Gasteiger partial charge in [0.1, 0.15) is 5.60 Å². The van der Waals surface area contributed by atoms with E-state index in [2.05, 4.69) is 20.6 Å². The Morgan fingerprint density at radius 1 is 1.17 bits per heavy atom. The average molecular weight is 482 g/mol. The van der Waals surface area contributed by atoms with Crippen molar-refractivity contribution in [1.82, 2.24) is 14.9 Å². The maximum atomic E-state index is 12.6. The number of carbonyl (C=O) groups excluding carboxylic acids is 2. The fourth-order valence-corrected chi connectivity index (χ4v) is 3.36. The minimum atomic E-state index is -0.648. The first-order valence-corrected chi connectivity index (χ1v) is 11.4. The molecule has 0 aliphatic rings. The molecule has 0 saturated carbocycles. The summed E-state index contributed by atoms with van der Waals surface area (Å²) in [6, 6.07) is 8.98. The number of fused-ring (bicyclic) bond motifs is 1. The Kier molecular flexibility index (Phi) is 8.06. The molecule has 0 radical (unpaired) electrons. The summed E-state index contributed by atoms with van der Waals surface area (Å²) >= 11 is 0. The minimum absolute atomic E-state index is 0.0266. The molecular weight excluding hydrogens is 450 g/mol. The van der Waals surface area contributed by atoms with Gasteiger partial charge in [0.25, 0.3) is 6.01 Å². The fourth-order valence-electron chi connectivity index (χ4n) is 3.36. The summed E-state index contributed by atoms with van der Waals surface area (Å²) in [5.41, 5.74) is 1.04. The maximum Gasteiger partial charge on any atom is 0.412 e. The van der Waals surface area contributed by atoms with Gasteiger partial charge in [0.2, 0.25) is 5.91 Å². The van der Waals surface area contributed by atoms with Gasteiger partial charge in [-0.25, -0.2) is 9.59 Å². The van der Waals surface area contributed by atoms with E-state index in [1.807, 2.05) is 18.2 Å². The summed E-state index contributed by atoms with van der Waals surface area (Å²) in [6.45, 7) is 7.80. The molecule has 2 heterocycles. The number of aryl methyl sites for hydroxylation is 1. The molecule has 186 valence electrons. The smallest absolute Gasteiger partial charge is 0.412 e. The lowest BCUT2D eigenvalue weighted by Gasteiger charge is -2.20. The van der Waals surface area contributed by atoms with Crippen molar-refractivity contribution in [2.45, 2.75) is 46.1 Å². The van der Waals surface area contributed by atoms with Crippen molar-refractivity contribution in [3.63, 3.8) is 0 Å². The molecule has 0 aliphatic carbocycles. The second kappa shape index (κ2) is 11.0. The van der Waals surface area contributed by atoms with Crippen LogP contribution in [0.25, 0.3) is 10.9 Å². The number of rotatable bonds is 8. The van der Waals surface area contributed by atoms with Gasteiger partial charge < -0.3 is 19.4 Å². The summed E-state index contributed by atoms with van der Waals surface area (Å²) in [7, 11) is 1.74. The summed E-state index contributed by atoms with van der Waals surface area (Å²) in [4.78, 5) is 47.4. The third kappa shape index (κ3) is 7.26. The molecule has 0 aliphatic heterocycles. The first-order valence-electron chi connectivity index (χ1n) is 11.4. The second-order valence-corrected chi connectivity index (χ2v) is 9.13. The number of aromatic nitrogens is 2. The van der Waals surface area contributed by atoms with Crippen molar-refractivity contribution < 1.29 is 18.7 Å². The molecule has 2 amide bonds. The van der Waals surface area contributed by atoms with E-state index < -0.39 is 17.3 Å². The normalized spacial score (nSPS) is 11.2. The minimum Gasteiger partial charge on any atom is -0.444 e. The molecule has 1 aromatic carbocycles. The number of benzene rings is 1. The van der Waals surface area contributed by atoms with Crippen molar-refractivity contribution in [2.75, 3.05) is 30.8 Å². The molecular formula is C25H31N5O5. The van der Waals surface area contributed by atoms with Gasteiger partial charge in [-0.15, -0.1) is 0 Å². The van der Waals surface area contributed by atoms with Gasteiger partial charge in [-0.1, -0.05) is 6.07 Å². The number of pyridine rings is 1. The van der Waals surface area contributed by atoms with Crippen LogP contribution in [0.15, 0.2) is 45.7 Å². The molecule has 3 aromatic rings. The van der Waals surface area contributed by atoms with E-state index in [1.54, 1.807) is 58.0 Å². The first-order chi connectivity index (χ1) is 16.5. The topological polar surface area (TPSA) is 127 Å². The molecule has 10 nitrogen and oxygen atoms in total. The SMILES string of the molecule is Cc1c(NC(=O)OC(C)(C)C)ccc2nc(NCCC(=O)N(C)CCc3ccccn3)oc(=O)c12. The summed E-state index contributed by atoms with van der Waals surface area (Å²) < 4.78 is 10.6. The molecule has 3 rings (SSSR count). The number of amides is 2. The first kappa shape index (κ1) is 25.7. The van der Waals surface area contributed by atoms with Crippen LogP contribution in [-0.4, -0.2) is 52.6 Å². The standard InChI is InChI=1S/C25H31N5O5/c1-16-18(29-24(33)35-25(2,3)4)9-10-19-21(16)22(32)34-23(28-19)27-14-11-20(31)30(5)15-12-17-8-6-7-13-26-17/h6-10,13H,11-12,14-15H2,1-5H3,(H,27,28)(H,29,33). The fraction of sp³-hybridized carbons (Fsp3) is 0.400. The van der Waals surface area contributed by atoms with Crippen LogP contribution in [-0.2, 0) is 16.0 Å². The molecule has 10 heteroatoms. The molecule has 0 unspecified atom stereocenters. The van der Waals surface area contributed by atoms with E-state index in [4.69, 9.17) is 9.15 Å². The zero-order chi connectivity index (χ0) is 25.6. The highest BCUT2D eigenvalue weighted by Crippen LogP contribution is 2.23. The second-order valence-electron chi connectivity index (χ2n) is 9.13. The van der Waals surface area contributed by atoms with Gasteiger partial charge in [-0.2, -0.15) is 4.98 Å². The van der Waals surface area contributed by atoms with Crippen LogP contribution >= 0.6 is 0 Å². The monoisotopic (exact) mass is 481 g/mol. The zero-order valence-electron chi connectivity index (χ0n) is 20.7. The number of anilines is 2. The number of likely N-dealkylation sites (N-methyl/N-ethyl adjacent to an activating group) is 1. The molecule has 35 heavy (non-hydrogen) atoms. The third-order valence-electron chi connectivity index (χ3n) is 5.16. The van der Waals surface area contributed by atoms with Crippen molar-refractivity contribution in [2.24, 2.45) is 0 Å². The number of ether oxygens (including phenoxy) is 1. The number of hydrogen-bond acceptors (Lipinski definition) is 8. The lowest BCUT2D eigenvalue weighted by molar-refractivity contribution is -0.129. The highest BCUT2D eigenvalue weighted by Gasteiger charge is 2.18. The van der Waals surface area contributed by atoms with Gasteiger partial charge in [0, 0.05) is 50.6 Å². The molecule has 0 fully saturated rings. The molecule has 0 spiro atoms. The number of carbonyl (C=O) groups is 2. The van der Waals surface area contributed by atoms with Crippen molar-refractivity contribution in [3.8, 4) is 0 Å². The van der Waals surface area contributed by atoms with E-state index in [0.717, 1.165) is 5.69 Å². The Morgan fingerprint density at radius 3 is 2.63 bits per heavy atom. The van der Waals surface area contributed by atoms with Gasteiger partial charge in [-0.05, 0) is 57.5 Å². The maximum absolute atomic E-state index is 12.6. The largest absolute Gasteiger partial charge is 0.444 e. The Balaban J connectivity index is 1.59. The molecule has 0 saturated heterocycles. The quantitative estimate of drug-likeness (QED) is 0.498. The van der Waals surface area contributed by atoms with E-state index in [0.29, 0.717) is 29.7 Å². The highest BCUT2D eigenvalue weighted by atomic mass is 16.6. The van der Waals surface area contributed by atoms with Crippen LogP contribution in [0.5, 0.6) is 0 Å². The van der Waals surface area contributed by atoms with Gasteiger partial charge >= 0.3 is 11.7 Å². The van der Waals surface area contributed by atoms with E-state index in [1.165, 1.54) is 0 Å². The molecule has 0 bridgehead atoms. The number of nitrogens with zero attached hydrogens (tertiary/aromatic N) is 3. The lowest BCUT2D eigenvalue weighted by atomic mass is 10.1. The Hall–Kier alpha value is -3.95. The van der Waals surface area contributed by atoms with Crippen LogP contribution < -0.4 is 16.3 Å². The predicted molar refractivity (Wildman–Crippen MR) is 134 cm³/mol. The van der Waals surface area contributed by atoms with Crippen molar-refractivity contribution in [1.29, 1.82) is 0 Å². The highest BCUT2D eigenvalue weighted by molar-refractivity contribution is 5.93. The van der Waals surface area contributed by atoms with Crippen LogP contribution in [0.4, 0.5) is 16.5 Å². The summed E-state index contributed by atoms with van der Waals surface area (Å²) in [5.74, 6) is -0.0507. The van der Waals surface area contributed by atoms with E-state index >= 15 is 0 Å². The predicted octanol–water partition coefficient (Wildman–Crippen LogP) is 3.74. The molecule has 2 aromatic heterocycles. The van der Waals surface area contributed by atoms with Gasteiger partial charge in [-0.3, -0.25) is 15.1 Å². The lowest BCUT2D eigenvalue weighted by Crippen LogP contribution is -2.30. The van der Waals surface area contributed by atoms with Crippen LogP contribution in [0.2, 0.25) is 0 Å². The van der Waals surface area contributed by atoms with E-state index in [-0.39, 0.29) is 30.3 Å². The summed E-state index contributed by atoms with van der Waals surface area (Å²) in [6.07, 6.45) is 1.98.